The van der Waals surface area contributed by atoms with Gasteiger partial charge in [0.2, 0.25) is 0 Å². The van der Waals surface area contributed by atoms with Crippen molar-refractivity contribution in [2.45, 2.75) is 18.9 Å². The van der Waals surface area contributed by atoms with Gasteiger partial charge in [-0.1, -0.05) is 0 Å². The van der Waals surface area contributed by atoms with Crippen molar-refractivity contribution in [1.29, 1.82) is 5.26 Å². The van der Waals surface area contributed by atoms with Crippen LogP contribution in [0.3, 0.4) is 0 Å². The molecule has 4 nitrogen and oxygen atoms in total. The van der Waals surface area contributed by atoms with Gasteiger partial charge in [0.25, 0.3) is 0 Å². The van der Waals surface area contributed by atoms with Gasteiger partial charge in [0.05, 0.1) is 5.69 Å². The third-order valence-electron chi connectivity index (χ3n) is 3.15. The number of aromatic nitrogens is 1. The first-order chi connectivity index (χ1) is 8.22. The van der Waals surface area contributed by atoms with Gasteiger partial charge in [-0.25, -0.2) is 4.98 Å². The first-order valence-corrected chi connectivity index (χ1v) is 5.99. The molecule has 1 atom stereocenters. The molecule has 17 heavy (non-hydrogen) atoms. The molecule has 1 fully saturated rings. The number of rotatable bonds is 3. The van der Waals surface area contributed by atoms with E-state index in [-0.39, 0.29) is 0 Å². The maximum atomic E-state index is 9.10. The van der Waals surface area contributed by atoms with Gasteiger partial charge in [0, 0.05) is 25.3 Å². The summed E-state index contributed by atoms with van der Waals surface area (Å²) in [5, 5.41) is 9.10. The number of anilines is 1. The minimum absolute atomic E-state index is 0.501. The van der Waals surface area contributed by atoms with E-state index in [1.165, 1.54) is 12.8 Å². The highest BCUT2D eigenvalue weighted by Crippen LogP contribution is 2.27. The molecule has 1 aromatic heterocycles. The van der Waals surface area contributed by atoms with E-state index in [9.17, 15) is 0 Å². The molecule has 0 radical (unpaired) electrons. The molecule has 1 aliphatic rings. The summed E-state index contributed by atoms with van der Waals surface area (Å²) in [6, 6.07) is 6.58. The van der Waals surface area contributed by atoms with Gasteiger partial charge in [-0.05, 0) is 39.1 Å². The van der Waals surface area contributed by atoms with Gasteiger partial charge in [-0.3, -0.25) is 0 Å². The van der Waals surface area contributed by atoms with Crippen LogP contribution in [-0.4, -0.2) is 43.1 Å². The number of hydrogen-bond acceptors (Lipinski definition) is 4. The molecule has 1 aromatic rings. The summed E-state index contributed by atoms with van der Waals surface area (Å²) in [4.78, 5) is 8.66. The molecule has 90 valence electrons. The third-order valence-corrected chi connectivity index (χ3v) is 3.15. The summed E-state index contributed by atoms with van der Waals surface area (Å²) >= 11 is 0. The summed E-state index contributed by atoms with van der Waals surface area (Å²) in [5.74, 6) is 0. The van der Waals surface area contributed by atoms with Crippen LogP contribution in [0.2, 0.25) is 0 Å². The van der Waals surface area contributed by atoms with Crippen molar-refractivity contribution in [3.8, 4) is 6.07 Å². The molecule has 2 heterocycles. The molecule has 0 aliphatic carbocycles. The molecule has 4 heteroatoms. The van der Waals surface area contributed by atoms with E-state index in [0.717, 1.165) is 18.8 Å². The Hall–Kier alpha value is -1.60. The lowest BCUT2D eigenvalue weighted by molar-refractivity contribution is 0.372. The summed E-state index contributed by atoms with van der Waals surface area (Å²) < 4.78 is 0. The second-order valence-electron chi connectivity index (χ2n) is 4.73. The Morgan fingerprint density at radius 2 is 2.41 bits per heavy atom. The highest BCUT2D eigenvalue weighted by molar-refractivity contribution is 5.57. The van der Waals surface area contributed by atoms with E-state index in [2.05, 4.69) is 34.9 Å². The zero-order valence-corrected chi connectivity index (χ0v) is 10.4. The lowest BCUT2D eigenvalue weighted by Gasteiger charge is -2.29. The SMILES string of the molecule is CN(C)CC1CCCN1c1cccnc1C#N. The maximum Gasteiger partial charge on any atom is 0.163 e. The van der Waals surface area contributed by atoms with Gasteiger partial charge in [-0.2, -0.15) is 5.26 Å². The standard InChI is InChI=1S/C13H18N4/c1-16(2)10-11-5-4-8-17(11)13-6-3-7-15-12(13)9-14/h3,6-7,11H,4-5,8,10H2,1-2H3. The van der Waals surface area contributed by atoms with Gasteiger partial charge in [0.15, 0.2) is 5.69 Å². The Labute approximate surface area is 102 Å². The van der Waals surface area contributed by atoms with E-state index in [0.29, 0.717) is 11.7 Å². The Kier molecular flexibility index (Phi) is 3.60. The topological polar surface area (TPSA) is 43.2 Å². The average molecular weight is 230 g/mol. The van der Waals surface area contributed by atoms with Crippen molar-refractivity contribution >= 4 is 5.69 Å². The largest absolute Gasteiger partial charge is 0.365 e. The van der Waals surface area contributed by atoms with Gasteiger partial charge in [-0.15, -0.1) is 0 Å². The van der Waals surface area contributed by atoms with Gasteiger partial charge < -0.3 is 9.80 Å². The van der Waals surface area contributed by atoms with Crippen LogP contribution < -0.4 is 4.90 Å². The molecule has 1 saturated heterocycles. The quantitative estimate of drug-likeness (QED) is 0.789. The summed E-state index contributed by atoms with van der Waals surface area (Å²) in [5.41, 5.74) is 1.53. The normalized spacial score (nSPS) is 19.6. The van der Waals surface area contributed by atoms with E-state index < -0.39 is 0 Å². The monoisotopic (exact) mass is 230 g/mol. The molecule has 2 rings (SSSR count). The highest BCUT2D eigenvalue weighted by atomic mass is 15.2. The third kappa shape index (κ3) is 2.56. The Morgan fingerprint density at radius 1 is 1.59 bits per heavy atom. The molecule has 0 amide bonds. The number of nitrogens with zero attached hydrogens (tertiary/aromatic N) is 4. The number of pyridine rings is 1. The van der Waals surface area contributed by atoms with Gasteiger partial charge >= 0.3 is 0 Å². The van der Waals surface area contributed by atoms with Gasteiger partial charge in [0.1, 0.15) is 6.07 Å². The first kappa shape index (κ1) is 11.9. The van der Waals surface area contributed by atoms with Crippen LogP contribution in [0.5, 0.6) is 0 Å². The fourth-order valence-corrected chi connectivity index (χ4v) is 2.48. The molecule has 1 unspecified atom stereocenters. The second kappa shape index (κ2) is 5.15. The zero-order chi connectivity index (χ0) is 12.3. The predicted molar refractivity (Wildman–Crippen MR) is 67.9 cm³/mol. The molecule has 0 N–H and O–H groups in total. The van der Waals surface area contributed by atoms with Crippen molar-refractivity contribution in [3.05, 3.63) is 24.0 Å². The number of likely N-dealkylation sites (N-methyl/N-ethyl adjacent to an activating group) is 1. The lowest BCUT2D eigenvalue weighted by atomic mass is 10.2. The van der Waals surface area contributed by atoms with E-state index in [4.69, 9.17) is 5.26 Å². The van der Waals surface area contributed by atoms with Crippen LogP contribution in [0.25, 0.3) is 0 Å². The van der Waals surface area contributed by atoms with Crippen molar-refractivity contribution in [1.82, 2.24) is 9.88 Å². The van der Waals surface area contributed by atoms with Crippen molar-refractivity contribution in [2.24, 2.45) is 0 Å². The van der Waals surface area contributed by atoms with E-state index in [1.807, 2.05) is 12.1 Å². The Bertz CT molecular complexity index is 422. The van der Waals surface area contributed by atoms with Crippen LogP contribution in [0, 0.1) is 11.3 Å². The molecule has 0 bridgehead atoms. The fraction of sp³-hybridized carbons (Fsp3) is 0.538. The fourth-order valence-electron chi connectivity index (χ4n) is 2.48. The Morgan fingerprint density at radius 3 is 3.12 bits per heavy atom. The minimum Gasteiger partial charge on any atom is -0.365 e. The number of hydrogen-bond donors (Lipinski definition) is 0. The summed E-state index contributed by atoms with van der Waals surface area (Å²) in [6.07, 6.45) is 4.06. The smallest absolute Gasteiger partial charge is 0.163 e. The van der Waals surface area contributed by atoms with Crippen LogP contribution in [0.4, 0.5) is 5.69 Å². The zero-order valence-electron chi connectivity index (χ0n) is 10.4. The second-order valence-corrected chi connectivity index (χ2v) is 4.73. The molecule has 0 aromatic carbocycles. The summed E-state index contributed by atoms with van der Waals surface area (Å²) in [7, 11) is 4.18. The molecular weight excluding hydrogens is 212 g/mol. The van der Waals surface area contributed by atoms with Crippen molar-refractivity contribution in [3.63, 3.8) is 0 Å². The molecular formula is C13H18N4. The van der Waals surface area contributed by atoms with E-state index in [1.54, 1.807) is 6.20 Å². The highest BCUT2D eigenvalue weighted by Gasteiger charge is 2.26. The first-order valence-electron chi connectivity index (χ1n) is 5.99. The average Bonchev–Trinajstić information content (AvgIpc) is 2.76. The van der Waals surface area contributed by atoms with Crippen LogP contribution in [0.1, 0.15) is 18.5 Å². The predicted octanol–water partition coefficient (Wildman–Crippen LogP) is 1.48. The van der Waals surface area contributed by atoms with E-state index >= 15 is 0 Å². The Balaban J connectivity index is 2.23. The molecule has 0 saturated carbocycles. The summed E-state index contributed by atoms with van der Waals surface area (Å²) in [6.45, 7) is 2.05. The maximum absolute atomic E-state index is 9.10. The van der Waals surface area contributed by atoms with Crippen molar-refractivity contribution < 1.29 is 0 Å². The van der Waals surface area contributed by atoms with Crippen LogP contribution in [-0.2, 0) is 0 Å². The van der Waals surface area contributed by atoms with Crippen molar-refractivity contribution in [2.75, 3.05) is 32.1 Å². The van der Waals surface area contributed by atoms with Crippen LogP contribution in [0.15, 0.2) is 18.3 Å². The molecule has 0 spiro atoms. The minimum atomic E-state index is 0.501. The van der Waals surface area contributed by atoms with Crippen LogP contribution >= 0.6 is 0 Å². The lowest BCUT2D eigenvalue weighted by Crippen LogP contribution is -2.38. The number of nitriles is 1. The molecule has 1 aliphatic heterocycles.